The monoisotopic (exact) mass is 1320 g/mol. The van der Waals surface area contributed by atoms with Crippen molar-refractivity contribution in [3.05, 3.63) is 0 Å². The molecule has 0 aromatic carbocycles. The number of aliphatic hydroxyl groups is 4. The molecule has 16 N–H and O–H groups in total. The normalized spacial score (nSPS) is 10.3. The van der Waals surface area contributed by atoms with Gasteiger partial charge in [-0.05, 0) is 0 Å². The number of hydrogen-bond donors (Lipinski definition) is 16. The Kier molecular flexibility index (Phi) is 34.4. The van der Waals surface area contributed by atoms with Crippen molar-refractivity contribution in [2.75, 3.05) is 0 Å². The zero-order valence-corrected chi connectivity index (χ0v) is 35.7. The Morgan fingerprint density at radius 2 is 0.309 bits per heavy atom. The fourth-order valence-electron chi connectivity index (χ4n) is 2.86. The third-order valence-electron chi connectivity index (χ3n) is 5.14. The minimum absolute atomic E-state index is 0. The van der Waals surface area contributed by atoms with Gasteiger partial charge in [-0.1, -0.05) is 0 Å². The van der Waals surface area contributed by atoms with Gasteiger partial charge < -0.3 is 81.7 Å². The summed E-state index contributed by atoms with van der Waals surface area (Å²) in [5.41, 5.74) is -11.0. The predicted molar refractivity (Wildman–Crippen MR) is 148 cm³/mol. The van der Waals surface area contributed by atoms with Crippen LogP contribution in [0.5, 0.6) is 0 Å². The molecule has 0 amide bonds. The maximum atomic E-state index is 10.3. The van der Waals surface area contributed by atoms with Gasteiger partial charge >= 0.3 is 71.6 Å². The van der Waals surface area contributed by atoms with E-state index in [2.05, 4.69) is 0 Å². The van der Waals surface area contributed by atoms with E-state index in [1.807, 2.05) is 0 Å². The van der Waals surface area contributed by atoms with Gasteiger partial charge in [0.2, 0.25) is 0 Å². The van der Waals surface area contributed by atoms with Crippen LogP contribution >= 0.6 is 0 Å². The van der Waals surface area contributed by atoms with Gasteiger partial charge in [0.1, 0.15) is 0 Å². The molecule has 0 fully saturated rings. The van der Waals surface area contributed by atoms with E-state index in [0.717, 1.165) is 0 Å². The van der Waals surface area contributed by atoms with Crippen molar-refractivity contribution in [2.24, 2.45) is 0 Å². The third kappa shape index (κ3) is 31.6. The fourth-order valence-corrected chi connectivity index (χ4v) is 2.86. The maximum Gasteiger partial charge on any atom is 0.336 e. The molecule has 28 nitrogen and oxygen atoms in total. The van der Waals surface area contributed by atoms with Crippen LogP contribution in [0.2, 0.25) is 0 Å². The van der Waals surface area contributed by atoms with Gasteiger partial charge in [0.15, 0.2) is 22.4 Å². The summed E-state index contributed by atoms with van der Waals surface area (Å²) in [5, 5.41) is 135. The molecule has 0 saturated heterocycles. The Bertz CT molecular complexity index is 1130. The number of hydrogen-bond acceptors (Lipinski definition) is 16. The quantitative estimate of drug-likeness (QED) is 0.0543. The van der Waals surface area contributed by atoms with Crippen molar-refractivity contribution >= 4 is 71.6 Å². The summed E-state index contributed by atoms with van der Waals surface area (Å²) in [4.78, 5) is 122. The molecule has 0 bridgehead atoms. The molecule has 0 radical (unpaired) electrons. The molecule has 0 aromatic rings. The molecule has 0 rings (SSSR count). The van der Waals surface area contributed by atoms with Crippen molar-refractivity contribution in [1.29, 1.82) is 0 Å². The second-order valence-electron chi connectivity index (χ2n) is 9.91. The molecule has 0 heterocycles. The zero-order valence-electron chi connectivity index (χ0n) is 26.9. The summed E-state index contributed by atoms with van der Waals surface area (Å²) in [5.74, 6) is -20.1. The van der Waals surface area contributed by atoms with Gasteiger partial charge in [-0.25, -0.2) is 19.2 Å². The van der Waals surface area contributed by atoms with Crippen LogP contribution in [0.4, 0.5) is 0 Å². The minimum Gasteiger partial charge on any atom is -0.481 e. The van der Waals surface area contributed by atoms with Crippen molar-refractivity contribution in [3.8, 4) is 0 Å². The predicted octanol–water partition coefficient (Wildman–Crippen LogP) is -5.00. The van der Waals surface area contributed by atoms with E-state index in [4.69, 9.17) is 81.7 Å². The van der Waals surface area contributed by atoms with E-state index in [9.17, 15) is 57.5 Å². The average Bonchev–Trinajstić information content (AvgIpc) is 2.85. The molecule has 0 unspecified atom stereocenters. The van der Waals surface area contributed by atoms with E-state index in [1.165, 1.54) is 0 Å². The third-order valence-corrected chi connectivity index (χ3v) is 5.14. The second kappa shape index (κ2) is 28.9. The van der Waals surface area contributed by atoms with Gasteiger partial charge in [0.25, 0.3) is 0 Å². The summed E-state index contributed by atoms with van der Waals surface area (Å²) in [6.45, 7) is 0. The Balaban J connectivity index is -0.000000110. The Labute approximate surface area is 346 Å². The summed E-state index contributed by atoms with van der Waals surface area (Å²) < 4.78 is 0. The number of aliphatic carboxylic acids is 12. The van der Waals surface area contributed by atoms with Crippen LogP contribution in [0.25, 0.3) is 0 Å². The molecule has 0 saturated carbocycles. The van der Waals surface area contributed by atoms with Crippen molar-refractivity contribution < 1.29 is 202 Å². The molecule has 0 aliphatic carbocycles. The Hall–Kier alpha value is -4.46. The van der Waals surface area contributed by atoms with Crippen molar-refractivity contribution in [1.82, 2.24) is 0 Å². The summed E-state index contributed by atoms with van der Waals surface area (Å²) in [7, 11) is 0. The molecule has 314 valence electrons. The van der Waals surface area contributed by atoms with E-state index in [0.29, 0.717) is 0 Å². The molecule has 31 heteroatoms. The molecule has 0 aromatic heterocycles. The van der Waals surface area contributed by atoms with E-state index < -0.39 is 145 Å². The van der Waals surface area contributed by atoms with Gasteiger partial charge in [0, 0.05) is 63.2 Å². The Morgan fingerprint density at radius 1 is 0.236 bits per heavy atom. The maximum absolute atomic E-state index is 10.3. The summed E-state index contributed by atoms with van der Waals surface area (Å²) in [6, 6.07) is 0. The van der Waals surface area contributed by atoms with Crippen LogP contribution < -0.4 is 0 Å². The van der Waals surface area contributed by atoms with Crippen LogP contribution in [0.3, 0.4) is 0 Å². The molecular formula is C24H32O28W3. The Morgan fingerprint density at radius 3 is 0.345 bits per heavy atom. The standard InChI is InChI=1S/4C6H8O7.3W/c4*7-3(8)1-6(13,5(11)12)2-4(9)10;;;/h4*13H,1-2H2,(H,7,8)(H,9,10)(H,11,12);;;. The number of carboxylic acid groups (broad SMARTS) is 12. The van der Waals surface area contributed by atoms with Crippen LogP contribution in [0, 0.1) is 0 Å². The van der Waals surface area contributed by atoms with Crippen LogP contribution in [-0.4, -0.2) is 176 Å². The van der Waals surface area contributed by atoms with Gasteiger partial charge in [-0.3, -0.25) is 38.4 Å². The molecule has 0 aliphatic rings. The first-order chi connectivity index (χ1) is 23.1. The van der Waals surface area contributed by atoms with Gasteiger partial charge in [-0.15, -0.1) is 0 Å². The van der Waals surface area contributed by atoms with Crippen LogP contribution in [0.15, 0.2) is 0 Å². The number of carbonyl (C=O) groups is 12. The second-order valence-corrected chi connectivity index (χ2v) is 9.91. The van der Waals surface area contributed by atoms with Crippen molar-refractivity contribution in [3.63, 3.8) is 0 Å². The molecule has 0 spiro atoms. The zero-order chi connectivity index (χ0) is 42.6. The van der Waals surface area contributed by atoms with Gasteiger partial charge in [-0.2, -0.15) is 0 Å². The van der Waals surface area contributed by atoms with E-state index in [1.54, 1.807) is 0 Å². The molecule has 0 atom stereocenters. The van der Waals surface area contributed by atoms with Gasteiger partial charge in [0.05, 0.1) is 51.4 Å². The first-order valence-electron chi connectivity index (χ1n) is 12.7. The molecule has 55 heavy (non-hydrogen) atoms. The topological polar surface area (TPSA) is 529 Å². The number of carboxylic acids is 12. The van der Waals surface area contributed by atoms with Crippen molar-refractivity contribution in [2.45, 2.75) is 73.8 Å². The minimum atomic E-state index is -2.74. The smallest absolute Gasteiger partial charge is 0.336 e. The largest absolute Gasteiger partial charge is 0.481 e. The average molecular weight is 1320 g/mol. The molecular weight excluding hydrogens is 1290 g/mol. The van der Waals surface area contributed by atoms with Crippen LogP contribution in [-0.2, 0) is 121 Å². The summed E-state index contributed by atoms with van der Waals surface area (Å²) >= 11 is 0. The molecule has 0 aliphatic heterocycles. The first kappa shape index (κ1) is 65.4. The van der Waals surface area contributed by atoms with Crippen LogP contribution in [0.1, 0.15) is 51.4 Å². The summed E-state index contributed by atoms with van der Waals surface area (Å²) in [6.07, 6.45) is -9.15. The number of rotatable bonds is 20. The first-order valence-corrected chi connectivity index (χ1v) is 12.7. The SMILES string of the molecule is O=C(O)CC(O)(CC(=O)O)C(=O)O.O=C(O)CC(O)(CC(=O)O)C(=O)O.O=C(O)CC(O)(CC(=O)O)C(=O)O.O=C(O)CC(O)(CC(=O)O)C(=O)O.[W].[W].[W]. The fraction of sp³-hybridized carbons (Fsp3) is 0.500. The van der Waals surface area contributed by atoms with E-state index >= 15 is 0 Å². The van der Waals surface area contributed by atoms with E-state index in [-0.39, 0.29) is 63.2 Å².